The fourth-order valence-corrected chi connectivity index (χ4v) is 5.58. The van der Waals surface area contributed by atoms with E-state index in [-0.39, 0.29) is 24.7 Å². The molecule has 0 bridgehead atoms. The van der Waals surface area contributed by atoms with E-state index in [0.29, 0.717) is 5.56 Å². The monoisotopic (exact) mass is 553 g/mol. The minimum Gasteiger partial charge on any atom is -0.450 e. The summed E-state index contributed by atoms with van der Waals surface area (Å²) in [6, 6.07) is 13.7. The first-order valence-corrected chi connectivity index (χ1v) is 13.1. The Morgan fingerprint density at radius 1 is 1.00 bits per heavy atom. The van der Waals surface area contributed by atoms with E-state index in [0.717, 1.165) is 33.4 Å². The highest BCUT2D eigenvalue weighted by Crippen LogP contribution is 2.38. The van der Waals surface area contributed by atoms with Crippen molar-refractivity contribution in [2.75, 3.05) is 11.4 Å². The summed E-state index contributed by atoms with van der Waals surface area (Å²) in [5, 5.41) is 19.2. The van der Waals surface area contributed by atoms with Crippen LogP contribution in [0.25, 0.3) is 18.0 Å². The Morgan fingerprint density at radius 2 is 1.66 bits per heavy atom. The molecule has 3 heterocycles. The van der Waals surface area contributed by atoms with E-state index in [1.807, 2.05) is 50.3 Å². The highest BCUT2D eigenvalue weighted by Gasteiger charge is 2.36. The summed E-state index contributed by atoms with van der Waals surface area (Å²) in [6.45, 7) is 4.07. The number of aliphatic hydroxyl groups is 1. The summed E-state index contributed by atoms with van der Waals surface area (Å²) >= 11 is 0. The minimum atomic E-state index is -1.49. The third-order valence-electron chi connectivity index (χ3n) is 7.43. The van der Waals surface area contributed by atoms with E-state index in [9.17, 15) is 19.5 Å². The predicted molar refractivity (Wildman–Crippen MR) is 151 cm³/mol. The molecule has 208 valence electrons. The van der Waals surface area contributed by atoms with Crippen molar-refractivity contribution in [3.8, 4) is 5.82 Å². The molecule has 1 aliphatic heterocycles. The SMILES string of the molecule is Cc1ccc2c(c1)C=Cc1cc(C)ccc1C2c1cn(-c2ccnc(N3C[C@@H](O)C[C@@H]3OC(=O)O)n2)c(=O)[nH]c1=O. The highest BCUT2D eigenvalue weighted by molar-refractivity contribution is 5.78. The molecule has 41 heavy (non-hydrogen) atoms. The smallest absolute Gasteiger partial charge is 0.450 e. The van der Waals surface area contributed by atoms with Crippen molar-refractivity contribution in [2.45, 2.75) is 38.5 Å². The first-order valence-electron chi connectivity index (χ1n) is 13.1. The van der Waals surface area contributed by atoms with Gasteiger partial charge < -0.3 is 19.8 Å². The van der Waals surface area contributed by atoms with Gasteiger partial charge in [-0.3, -0.25) is 14.3 Å². The molecule has 3 N–H and O–H groups in total. The number of aryl methyl sites for hydroxylation is 2. The van der Waals surface area contributed by atoms with Gasteiger partial charge in [0.2, 0.25) is 5.95 Å². The Balaban J connectivity index is 1.49. The number of rotatable bonds is 4. The van der Waals surface area contributed by atoms with Gasteiger partial charge in [0.15, 0.2) is 6.23 Å². The molecule has 0 spiro atoms. The number of ether oxygens (including phenoxy) is 1. The van der Waals surface area contributed by atoms with Crippen LogP contribution in [0.5, 0.6) is 0 Å². The zero-order valence-corrected chi connectivity index (χ0v) is 22.3. The van der Waals surface area contributed by atoms with Crippen LogP contribution in [0.15, 0.2) is 64.4 Å². The molecule has 1 aliphatic carbocycles. The molecule has 6 rings (SSSR count). The van der Waals surface area contributed by atoms with Crippen LogP contribution in [0.2, 0.25) is 0 Å². The standard InChI is InChI=1S/C30H27N5O6/c1-16-3-7-21-18(11-16)5-6-19-12-17(2)4-8-22(19)26(21)23-15-34(29(38)33-27(23)37)24-9-10-31-28(32-24)35-14-20(36)13-25(35)41-30(39)40/h3-12,15,20,25-26,36H,13-14H2,1-2H3,(H,39,40)(H,33,37,38)/t20-,25-/m0/s1. The Bertz CT molecular complexity index is 1770. The molecule has 11 nitrogen and oxygen atoms in total. The van der Waals surface area contributed by atoms with Gasteiger partial charge in [0.1, 0.15) is 5.82 Å². The van der Waals surface area contributed by atoms with Crippen molar-refractivity contribution in [1.29, 1.82) is 0 Å². The van der Waals surface area contributed by atoms with E-state index in [4.69, 9.17) is 9.84 Å². The summed E-state index contributed by atoms with van der Waals surface area (Å²) in [4.78, 5) is 50.3. The van der Waals surface area contributed by atoms with E-state index in [2.05, 4.69) is 27.1 Å². The van der Waals surface area contributed by atoms with Crippen molar-refractivity contribution in [1.82, 2.24) is 19.5 Å². The maximum absolute atomic E-state index is 13.4. The summed E-state index contributed by atoms with van der Waals surface area (Å²) in [7, 11) is 0. The number of benzene rings is 2. The van der Waals surface area contributed by atoms with Gasteiger partial charge in [0.05, 0.1) is 12.6 Å². The average molecular weight is 554 g/mol. The number of anilines is 1. The van der Waals surface area contributed by atoms with Crippen LogP contribution in [0.3, 0.4) is 0 Å². The molecule has 1 saturated heterocycles. The molecule has 0 saturated carbocycles. The van der Waals surface area contributed by atoms with Gasteiger partial charge in [-0.05, 0) is 36.1 Å². The quantitative estimate of drug-likeness (QED) is 0.285. The van der Waals surface area contributed by atoms with Crippen LogP contribution in [0.4, 0.5) is 10.7 Å². The summed E-state index contributed by atoms with van der Waals surface area (Å²) in [5.41, 5.74) is 5.11. The number of H-pyrrole nitrogens is 1. The Labute approximate surface area is 234 Å². The van der Waals surface area contributed by atoms with Gasteiger partial charge >= 0.3 is 11.8 Å². The van der Waals surface area contributed by atoms with E-state index >= 15 is 0 Å². The molecule has 1 fully saturated rings. The number of β-amino-alcohol motifs (C(OH)–C–C–N with tert-alkyl or cyclic N) is 1. The zero-order valence-electron chi connectivity index (χ0n) is 22.3. The molecule has 2 aromatic carbocycles. The zero-order chi connectivity index (χ0) is 28.8. The lowest BCUT2D eigenvalue weighted by Crippen LogP contribution is -2.36. The number of carboxylic acid groups (broad SMARTS) is 1. The predicted octanol–water partition coefficient (Wildman–Crippen LogP) is 3.19. The molecule has 2 atom stereocenters. The van der Waals surface area contributed by atoms with Crippen molar-refractivity contribution in [3.05, 3.63) is 115 Å². The van der Waals surface area contributed by atoms with Crippen molar-refractivity contribution < 1.29 is 19.7 Å². The van der Waals surface area contributed by atoms with Gasteiger partial charge in [-0.1, -0.05) is 59.7 Å². The van der Waals surface area contributed by atoms with E-state index in [1.54, 1.807) is 0 Å². The average Bonchev–Trinajstić information content (AvgIpc) is 3.21. The summed E-state index contributed by atoms with van der Waals surface area (Å²) in [5.74, 6) is -0.242. The number of hydrogen-bond acceptors (Lipinski definition) is 8. The number of nitrogens with one attached hydrogen (secondary N) is 1. The number of nitrogens with zero attached hydrogens (tertiary/aromatic N) is 4. The lowest BCUT2D eigenvalue weighted by Gasteiger charge is -2.23. The third-order valence-corrected chi connectivity index (χ3v) is 7.43. The first kappa shape index (κ1) is 26.2. The molecule has 0 radical (unpaired) electrons. The Hall–Kier alpha value is -5.03. The molecular weight excluding hydrogens is 526 g/mol. The lowest BCUT2D eigenvalue weighted by molar-refractivity contribution is 0.0485. The van der Waals surface area contributed by atoms with Crippen LogP contribution in [0, 0.1) is 13.8 Å². The summed E-state index contributed by atoms with van der Waals surface area (Å²) in [6.07, 6.45) is 3.74. The molecule has 4 aromatic rings. The number of hydrogen-bond donors (Lipinski definition) is 3. The number of aromatic nitrogens is 4. The topological polar surface area (TPSA) is 151 Å². The van der Waals surface area contributed by atoms with Gasteiger partial charge in [-0.15, -0.1) is 0 Å². The normalized spacial score (nSPS) is 18.1. The van der Waals surface area contributed by atoms with Gasteiger partial charge in [-0.2, -0.15) is 4.98 Å². The second-order valence-electron chi connectivity index (χ2n) is 10.3. The number of fused-ring (bicyclic) bond motifs is 2. The minimum absolute atomic E-state index is 0.0502. The Kier molecular flexibility index (Phi) is 6.50. The lowest BCUT2D eigenvalue weighted by atomic mass is 9.82. The molecule has 0 amide bonds. The Morgan fingerprint density at radius 3 is 2.29 bits per heavy atom. The highest BCUT2D eigenvalue weighted by atomic mass is 16.7. The maximum atomic E-state index is 13.4. The molecule has 2 aliphatic rings. The number of carbonyl (C=O) groups is 1. The fourth-order valence-electron chi connectivity index (χ4n) is 5.58. The maximum Gasteiger partial charge on any atom is 0.507 e. The molecule has 2 aromatic heterocycles. The van der Waals surface area contributed by atoms with Crippen LogP contribution >= 0.6 is 0 Å². The summed E-state index contributed by atoms with van der Waals surface area (Å²) < 4.78 is 6.15. The third kappa shape index (κ3) is 4.91. The van der Waals surface area contributed by atoms with Crippen molar-refractivity contribution in [2.24, 2.45) is 0 Å². The largest absolute Gasteiger partial charge is 0.507 e. The van der Waals surface area contributed by atoms with Crippen molar-refractivity contribution in [3.63, 3.8) is 0 Å². The van der Waals surface area contributed by atoms with Gasteiger partial charge in [-0.25, -0.2) is 14.6 Å². The number of aliphatic hydroxyl groups excluding tert-OH is 1. The molecule has 0 unspecified atom stereocenters. The molecule has 11 heteroatoms. The van der Waals surface area contributed by atoms with Gasteiger partial charge in [0.25, 0.3) is 5.56 Å². The number of aromatic amines is 1. The van der Waals surface area contributed by atoms with Gasteiger partial charge in [0, 0.05) is 36.4 Å². The first-order chi connectivity index (χ1) is 19.7. The second-order valence-corrected chi connectivity index (χ2v) is 10.3. The van der Waals surface area contributed by atoms with Crippen LogP contribution in [0.1, 0.15) is 51.3 Å². The van der Waals surface area contributed by atoms with Crippen LogP contribution in [-0.4, -0.2) is 54.8 Å². The van der Waals surface area contributed by atoms with E-state index in [1.165, 1.54) is 27.9 Å². The fraction of sp³-hybridized carbons (Fsp3) is 0.233. The van der Waals surface area contributed by atoms with Crippen LogP contribution in [-0.2, 0) is 4.74 Å². The van der Waals surface area contributed by atoms with E-state index < -0.39 is 35.7 Å². The van der Waals surface area contributed by atoms with Crippen LogP contribution < -0.4 is 16.1 Å². The van der Waals surface area contributed by atoms with Crippen molar-refractivity contribution >= 4 is 24.3 Å². The molecular formula is C30H27N5O6. The second kappa shape index (κ2) is 10.2.